The minimum atomic E-state index is -4.27. The number of nitrogens with zero attached hydrogens (tertiary/aromatic N) is 1. The van der Waals surface area contributed by atoms with E-state index in [1.165, 1.54) is 4.90 Å². The van der Waals surface area contributed by atoms with Crippen LogP contribution in [0.2, 0.25) is 5.02 Å². The molecule has 1 aliphatic heterocycles. The summed E-state index contributed by atoms with van der Waals surface area (Å²) in [7, 11) is -4.27. The molecule has 0 bridgehead atoms. The Morgan fingerprint density at radius 3 is 2.50 bits per heavy atom. The lowest BCUT2D eigenvalue weighted by Gasteiger charge is -2.27. The molecule has 0 aliphatic carbocycles. The fraction of sp³-hybridized carbons (Fsp3) is 0.364. The molecule has 1 fully saturated rings. The van der Waals surface area contributed by atoms with Crippen molar-refractivity contribution in [3.8, 4) is 0 Å². The van der Waals surface area contributed by atoms with Gasteiger partial charge in [-0.1, -0.05) is 11.6 Å². The highest BCUT2D eigenvalue weighted by Gasteiger charge is 2.25. The summed E-state index contributed by atoms with van der Waals surface area (Å²) in [5.41, 5.74) is -0.0982. The lowest BCUT2D eigenvalue weighted by atomic mass is 10.2. The van der Waals surface area contributed by atoms with E-state index >= 15 is 0 Å². The van der Waals surface area contributed by atoms with E-state index in [0.29, 0.717) is 26.3 Å². The number of benzene rings is 1. The predicted molar refractivity (Wildman–Crippen MR) is 69.5 cm³/mol. The zero-order valence-corrected chi connectivity index (χ0v) is 11.9. The van der Waals surface area contributed by atoms with Gasteiger partial charge in [-0.15, -0.1) is 0 Å². The van der Waals surface area contributed by atoms with Crippen LogP contribution < -0.4 is 5.14 Å². The molecule has 1 amide bonds. The molecular formula is C11H12ClFN2O4S. The summed E-state index contributed by atoms with van der Waals surface area (Å²) in [6.07, 6.45) is 0. The van der Waals surface area contributed by atoms with Crippen LogP contribution in [0.1, 0.15) is 10.4 Å². The van der Waals surface area contributed by atoms with E-state index in [2.05, 4.69) is 0 Å². The zero-order valence-electron chi connectivity index (χ0n) is 10.3. The lowest BCUT2D eigenvalue weighted by Crippen LogP contribution is -2.40. The second kappa shape index (κ2) is 5.65. The number of carbonyl (C=O) groups is 1. The van der Waals surface area contributed by atoms with Gasteiger partial charge in [-0.05, 0) is 12.1 Å². The summed E-state index contributed by atoms with van der Waals surface area (Å²) in [6, 6.07) is 1.64. The molecule has 1 aliphatic rings. The second-order valence-corrected chi connectivity index (χ2v) is 6.15. The molecule has 1 saturated heterocycles. The summed E-state index contributed by atoms with van der Waals surface area (Å²) in [5, 5.41) is 4.74. The van der Waals surface area contributed by atoms with Crippen molar-refractivity contribution in [1.29, 1.82) is 0 Å². The number of halogens is 2. The molecular weight excluding hydrogens is 311 g/mol. The average molecular weight is 323 g/mol. The van der Waals surface area contributed by atoms with Gasteiger partial charge >= 0.3 is 0 Å². The maximum Gasteiger partial charge on any atom is 0.255 e. The van der Waals surface area contributed by atoms with E-state index in [9.17, 15) is 17.6 Å². The van der Waals surface area contributed by atoms with Crippen molar-refractivity contribution in [2.45, 2.75) is 4.90 Å². The van der Waals surface area contributed by atoms with E-state index in [0.717, 1.165) is 12.1 Å². The molecule has 0 aromatic heterocycles. The molecule has 0 atom stereocenters. The Labute approximate surface area is 120 Å². The number of hydrogen-bond acceptors (Lipinski definition) is 4. The zero-order chi connectivity index (χ0) is 14.9. The summed E-state index contributed by atoms with van der Waals surface area (Å²) in [4.78, 5) is 12.9. The Balaban J connectivity index is 2.43. The minimum absolute atomic E-state index is 0.0982. The molecule has 1 aromatic carbocycles. The van der Waals surface area contributed by atoms with Gasteiger partial charge in [0.05, 0.1) is 23.8 Å². The van der Waals surface area contributed by atoms with Crippen LogP contribution in [-0.2, 0) is 14.8 Å². The number of sulfonamides is 1. The molecule has 2 N–H and O–H groups in total. The van der Waals surface area contributed by atoms with Crippen LogP contribution in [0, 0.1) is 5.82 Å². The molecule has 20 heavy (non-hydrogen) atoms. The number of carbonyl (C=O) groups excluding carboxylic acids is 1. The smallest absolute Gasteiger partial charge is 0.255 e. The quantitative estimate of drug-likeness (QED) is 0.863. The van der Waals surface area contributed by atoms with E-state index in [1.54, 1.807) is 0 Å². The molecule has 0 saturated carbocycles. The Hall–Kier alpha value is -1.22. The maximum absolute atomic E-state index is 13.5. The predicted octanol–water partition coefficient (Wildman–Crippen LogP) is 0.599. The third kappa shape index (κ3) is 3.09. The van der Waals surface area contributed by atoms with Crippen molar-refractivity contribution in [2.24, 2.45) is 5.14 Å². The molecule has 1 aromatic rings. The van der Waals surface area contributed by atoms with Crippen LogP contribution in [0.3, 0.4) is 0 Å². The molecule has 110 valence electrons. The standard InChI is InChI=1S/C11H12ClFN2O4S/c12-8-6-9(13)10(20(14,17)18)5-7(8)11(16)15-1-3-19-4-2-15/h5-6H,1-4H2,(H2,14,17,18). The fourth-order valence-corrected chi connectivity index (χ4v) is 2.69. The first-order chi connectivity index (χ1) is 9.30. The minimum Gasteiger partial charge on any atom is -0.378 e. The van der Waals surface area contributed by atoms with Crippen molar-refractivity contribution < 1.29 is 22.3 Å². The highest BCUT2D eigenvalue weighted by atomic mass is 35.5. The first kappa shape index (κ1) is 15.2. The third-order valence-electron chi connectivity index (χ3n) is 2.86. The molecule has 2 rings (SSSR count). The fourth-order valence-electron chi connectivity index (χ4n) is 1.85. The highest BCUT2D eigenvalue weighted by molar-refractivity contribution is 7.89. The van der Waals surface area contributed by atoms with Gasteiger partial charge in [0.25, 0.3) is 5.91 Å². The Morgan fingerprint density at radius 1 is 1.35 bits per heavy atom. The summed E-state index contributed by atoms with van der Waals surface area (Å²) in [6.45, 7) is 1.48. The van der Waals surface area contributed by atoms with Crippen LogP contribution in [0.4, 0.5) is 4.39 Å². The number of nitrogens with two attached hydrogens (primary N) is 1. The Morgan fingerprint density at radius 2 is 1.95 bits per heavy atom. The monoisotopic (exact) mass is 322 g/mol. The van der Waals surface area contributed by atoms with Crippen molar-refractivity contribution in [3.05, 3.63) is 28.5 Å². The van der Waals surface area contributed by atoms with Crippen LogP contribution in [0.25, 0.3) is 0 Å². The third-order valence-corrected chi connectivity index (χ3v) is 4.10. The molecule has 9 heteroatoms. The largest absolute Gasteiger partial charge is 0.378 e. The molecule has 6 nitrogen and oxygen atoms in total. The number of rotatable bonds is 2. The number of hydrogen-bond donors (Lipinski definition) is 1. The van der Waals surface area contributed by atoms with Crippen molar-refractivity contribution in [1.82, 2.24) is 4.90 Å². The van der Waals surface area contributed by atoms with Gasteiger partial charge < -0.3 is 9.64 Å². The van der Waals surface area contributed by atoms with Crippen molar-refractivity contribution >= 4 is 27.5 Å². The summed E-state index contributed by atoms with van der Waals surface area (Å²) < 4.78 is 41.2. The number of ether oxygens (including phenoxy) is 1. The topological polar surface area (TPSA) is 89.7 Å². The van der Waals surface area contributed by atoms with Crippen LogP contribution in [0.5, 0.6) is 0 Å². The number of primary sulfonamides is 1. The molecule has 1 heterocycles. The average Bonchev–Trinajstić information content (AvgIpc) is 2.37. The molecule has 0 radical (unpaired) electrons. The van der Waals surface area contributed by atoms with Gasteiger partial charge in [0.1, 0.15) is 10.7 Å². The van der Waals surface area contributed by atoms with Gasteiger partial charge in [-0.3, -0.25) is 4.79 Å². The Bertz CT molecular complexity index is 644. The van der Waals surface area contributed by atoms with Crippen molar-refractivity contribution in [2.75, 3.05) is 26.3 Å². The van der Waals surface area contributed by atoms with E-state index < -0.39 is 26.6 Å². The lowest BCUT2D eigenvalue weighted by molar-refractivity contribution is 0.0303. The SMILES string of the molecule is NS(=O)(=O)c1cc(C(=O)N2CCOCC2)c(Cl)cc1F. The highest BCUT2D eigenvalue weighted by Crippen LogP contribution is 2.24. The van der Waals surface area contributed by atoms with E-state index in [1.807, 2.05) is 0 Å². The van der Waals surface area contributed by atoms with Gasteiger partial charge in [-0.2, -0.15) is 0 Å². The Kier molecular flexibility index (Phi) is 4.28. The second-order valence-electron chi connectivity index (χ2n) is 4.21. The van der Waals surface area contributed by atoms with Gasteiger partial charge in [0.2, 0.25) is 10.0 Å². The van der Waals surface area contributed by atoms with Crippen LogP contribution >= 0.6 is 11.6 Å². The first-order valence-electron chi connectivity index (χ1n) is 5.69. The van der Waals surface area contributed by atoms with Crippen LogP contribution in [-0.4, -0.2) is 45.5 Å². The van der Waals surface area contributed by atoms with Gasteiger partial charge in [0.15, 0.2) is 0 Å². The molecule has 0 unspecified atom stereocenters. The summed E-state index contributed by atoms with van der Waals surface area (Å²) >= 11 is 5.81. The van der Waals surface area contributed by atoms with Crippen molar-refractivity contribution in [3.63, 3.8) is 0 Å². The van der Waals surface area contributed by atoms with E-state index in [4.69, 9.17) is 21.5 Å². The van der Waals surface area contributed by atoms with Crippen LogP contribution in [0.15, 0.2) is 17.0 Å². The normalized spacial score (nSPS) is 16.2. The molecule has 0 spiro atoms. The number of morpholine rings is 1. The van der Waals surface area contributed by atoms with E-state index in [-0.39, 0.29) is 10.6 Å². The number of amides is 1. The van der Waals surface area contributed by atoms with Gasteiger partial charge in [0, 0.05) is 13.1 Å². The van der Waals surface area contributed by atoms with Gasteiger partial charge in [-0.25, -0.2) is 17.9 Å². The summed E-state index contributed by atoms with van der Waals surface area (Å²) in [5.74, 6) is -1.57. The maximum atomic E-state index is 13.5. The first-order valence-corrected chi connectivity index (χ1v) is 7.62.